The minimum absolute atomic E-state index is 0.151. The van der Waals surface area contributed by atoms with Crippen molar-refractivity contribution in [1.82, 2.24) is 0 Å². The first-order valence-corrected chi connectivity index (χ1v) is 6.25. The second-order valence-electron chi connectivity index (χ2n) is 4.73. The molecule has 1 aliphatic rings. The Morgan fingerprint density at radius 2 is 1.76 bits per heavy atom. The summed E-state index contributed by atoms with van der Waals surface area (Å²) in [4.78, 5) is 10.7. The van der Waals surface area contributed by atoms with Gasteiger partial charge in [-0.05, 0) is 42.5 Å². The van der Waals surface area contributed by atoms with Gasteiger partial charge in [0.2, 0.25) is 0 Å². The van der Waals surface area contributed by atoms with Crippen LogP contribution in [0.4, 0.5) is 0 Å². The number of aromatic hydroxyl groups is 1. The van der Waals surface area contributed by atoms with Gasteiger partial charge in [-0.3, -0.25) is 4.79 Å². The molecular formula is C15H18O2. The summed E-state index contributed by atoms with van der Waals surface area (Å²) >= 11 is 0. The van der Waals surface area contributed by atoms with Gasteiger partial charge in [0.05, 0.1) is 0 Å². The van der Waals surface area contributed by atoms with Crippen LogP contribution >= 0.6 is 0 Å². The average Bonchev–Trinajstić information content (AvgIpc) is 2.37. The summed E-state index contributed by atoms with van der Waals surface area (Å²) in [5.74, 6) is 0.809. The minimum atomic E-state index is 0.151. The zero-order valence-corrected chi connectivity index (χ0v) is 9.93. The van der Waals surface area contributed by atoms with Gasteiger partial charge >= 0.3 is 0 Å². The SMILES string of the molecule is O=Cc1cc(O)cc(/C=C/C2CCCCC2)c1. The van der Waals surface area contributed by atoms with Gasteiger partial charge < -0.3 is 5.11 Å². The smallest absolute Gasteiger partial charge is 0.150 e. The van der Waals surface area contributed by atoms with Crippen LogP contribution in [0.1, 0.15) is 48.0 Å². The molecule has 1 aliphatic carbocycles. The molecule has 0 aliphatic heterocycles. The monoisotopic (exact) mass is 230 g/mol. The first-order chi connectivity index (χ1) is 8.28. The summed E-state index contributed by atoms with van der Waals surface area (Å²) in [6.45, 7) is 0. The standard InChI is InChI=1S/C15H18O2/c16-11-14-8-13(9-15(17)10-14)7-6-12-4-2-1-3-5-12/h6-12,17H,1-5H2/b7-6+. The lowest BCUT2D eigenvalue weighted by molar-refractivity contribution is 0.112. The van der Waals surface area contributed by atoms with Crippen molar-refractivity contribution in [2.75, 3.05) is 0 Å². The zero-order chi connectivity index (χ0) is 12.1. The third-order valence-corrected chi connectivity index (χ3v) is 3.31. The predicted octanol–water partition coefficient (Wildman–Crippen LogP) is 3.80. The molecule has 17 heavy (non-hydrogen) atoms. The van der Waals surface area contributed by atoms with Crippen LogP contribution in [0.3, 0.4) is 0 Å². The van der Waals surface area contributed by atoms with E-state index in [9.17, 15) is 9.90 Å². The zero-order valence-electron chi connectivity index (χ0n) is 9.93. The summed E-state index contributed by atoms with van der Waals surface area (Å²) in [5.41, 5.74) is 1.42. The fraction of sp³-hybridized carbons (Fsp3) is 0.400. The van der Waals surface area contributed by atoms with Crippen molar-refractivity contribution in [3.8, 4) is 5.75 Å². The summed E-state index contributed by atoms with van der Waals surface area (Å²) in [5, 5.41) is 9.47. The van der Waals surface area contributed by atoms with Crippen LogP contribution in [0, 0.1) is 5.92 Å². The number of allylic oxidation sites excluding steroid dienone is 1. The van der Waals surface area contributed by atoms with Gasteiger partial charge in [0.15, 0.2) is 0 Å². The van der Waals surface area contributed by atoms with Crippen LogP contribution in [0.2, 0.25) is 0 Å². The van der Waals surface area contributed by atoms with Crippen molar-refractivity contribution >= 4 is 12.4 Å². The van der Waals surface area contributed by atoms with Gasteiger partial charge in [-0.15, -0.1) is 0 Å². The predicted molar refractivity (Wildman–Crippen MR) is 69.1 cm³/mol. The lowest BCUT2D eigenvalue weighted by Crippen LogP contribution is -2.02. The molecule has 90 valence electrons. The molecule has 2 nitrogen and oxygen atoms in total. The number of hydrogen-bond donors (Lipinski definition) is 1. The molecule has 0 saturated heterocycles. The number of phenolic OH excluding ortho intramolecular Hbond substituents is 1. The Kier molecular flexibility index (Phi) is 3.97. The van der Waals surface area contributed by atoms with Gasteiger partial charge in [-0.1, -0.05) is 31.4 Å². The highest BCUT2D eigenvalue weighted by atomic mass is 16.3. The highest BCUT2D eigenvalue weighted by Gasteiger charge is 2.09. The van der Waals surface area contributed by atoms with Gasteiger partial charge in [0.1, 0.15) is 12.0 Å². The number of rotatable bonds is 3. The Morgan fingerprint density at radius 3 is 2.47 bits per heavy atom. The fourth-order valence-corrected chi connectivity index (χ4v) is 2.40. The van der Waals surface area contributed by atoms with E-state index < -0.39 is 0 Å². The summed E-state index contributed by atoms with van der Waals surface area (Å²) in [7, 11) is 0. The molecule has 0 unspecified atom stereocenters. The van der Waals surface area contributed by atoms with Crippen molar-refractivity contribution in [3.05, 3.63) is 35.4 Å². The van der Waals surface area contributed by atoms with Crippen LogP contribution < -0.4 is 0 Å². The number of hydrogen-bond acceptors (Lipinski definition) is 2. The molecule has 0 amide bonds. The van der Waals surface area contributed by atoms with E-state index in [-0.39, 0.29) is 5.75 Å². The van der Waals surface area contributed by atoms with Crippen LogP contribution in [0.15, 0.2) is 24.3 Å². The van der Waals surface area contributed by atoms with Crippen LogP contribution in [-0.2, 0) is 0 Å². The third-order valence-electron chi connectivity index (χ3n) is 3.31. The Balaban J connectivity index is 2.08. The van der Waals surface area contributed by atoms with Crippen LogP contribution in [0.25, 0.3) is 6.08 Å². The van der Waals surface area contributed by atoms with E-state index in [4.69, 9.17) is 0 Å². The summed E-state index contributed by atoms with van der Waals surface area (Å²) < 4.78 is 0. The molecule has 2 rings (SSSR count). The van der Waals surface area contributed by atoms with E-state index in [1.807, 2.05) is 6.08 Å². The molecule has 0 heterocycles. The van der Waals surface area contributed by atoms with Crippen LogP contribution in [0.5, 0.6) is 5.75 Å². The van der Waals surface area contributed by atoms with Crippen molar-refractivity contribution in [3.63, 3.8) is 0 Å². The molecule has 0 atom stereocenters. The maximum atomic E-state index is 10.7. The number of benzene rings is 1. The number of phenols is 1. The van der Waals surface area contributed by atoms with Gasteiger partial charge in [0, 0.05) is 5.56 Å². The quantitative estimate of drug-likeness (QED) is 0.802. The van der Waals surface area contributed by atoms with Crippen molar-refractivity contribution < 1.29 is 9.90 Å². The van der Waals surface area contributed by atoms with Gasteiger partial charge in [0.25, 0.3) is 0 Å². The number of aldehydes is 1. The van der Waals surface area contributed by atoms with E-state index in [2.05, 4.69) is 6.08 Å². The molecule has 0 spiro atoms. The molecular weight excluding hydrogens is 212 g/mol. The van der Waals surface area contributed by atoms with E-state index >= 15 is 0 Å². The second-order valence-corrected chi connectivity index (χ2v) is 4.73. The highest BCUT2D eigenvalue weighted by molar-refractivity contribution is 5.77. The average molecular weight is 230 g/mol. The molecule has 0 bridgehead atoms. The number of carbonyl (C=O) groups is 1. The first kappa shape index (κ1) is 11.9. The second kappa shape index (κ2) is 5.67. The Morgan fingerprint density at radius 1 is 1.06 bits per heavy atom. The number of carbonyl (C=O) groups excluding carboxylic acids is 1. The van der Waals surface area contributed by atoms with Crippen molar-refractivity contribution in [1.29, 1.82) is 0 Å². The highest BCUT2D eigenvalue weighted by Crippen LogP contribution is 2.25. The normalized spacial score (nSPS) is 17.4. The molecule has 2 heteroatoms. The molecule has 1 fully saturated rings. The maximum Gasteiger partial charge on any atom is 0.150 e. The van der Waals surface area contributed by atoms with E-state index in [1.54, 1.807) is 12.1 Å². The summed E-state index contributed by atoms with van der Waals surface area (Å²) in [6.07, 6.45) is 11.5. The molecule has 1 aromatic carbocycles. The lowest BCUT2D eigenvalue weighted by atomic mass is 9.89. The summed E-state index contributed by atoms with van der Waals surface area (Å²) in [6, 6.07) is 4.96. The Bertz CT molecular complexity index is 415. The Hall–Kier alpha value is -1.57. The molecule has 1 saturated carbocycles. The molecule has 1 N–H and O–H groups in total. The maximum absolute atomic E-state index is 10.7. The largest absolute Gasteiger partial charge is 0.508 e. The Labute approximate surface area is 102 Å². The molecule has 0 aromatic heterocycles. The van der Waals surface area contributed by atoms with E-state index in [1.165, 1.54) is 38.2 Å². The van der Waals surface area contributed by atoms with Crippen molar-refractivity contribution in [2.45, 2.75) is 32.1 Å². The van der Waals surface area contributed by atoms with E-state index in [0.717, 1.165) is 11.8 Å². The first-order valence-electron chi connectivity index (χ1n) is 6.25. The minimum Gasteiger partial charge on any atom is -0.508 e. The lowest BCUT2D eigenvalue weighted by Gasteiger charge is -2.17. The van der Waals surface area contributed by atoms with Gasteiger partial charge in [-0.2, -0.15) is 0 Å². The third kappa shape index (κ3) is 3.45. The fourth-order valence-electron chi connectivity index (χ4n) is 2.40. The molecule has 0 radical (unpaired) electrons. The van der Waals surface area contributed by atoms with Crippen molar-refractivity contribution in [2.24, 2.45) is 5.92 Å². The van der Waals surface area contributed by atoms with Gasteiger partial charge in [-0.25, -0.2) is 0 Å². The van der Waals surface area contributed by atoms with E-state index in [0.29, 0.717) is 11.5 Å². The topological polar surface area (TPSA) is 37.3 Å². The van der Waals surface area contributed by atoms with Crippen LogP contribution in [-0.4, -0.2) is 11.4 Å². The molecule has 1 aromatic rings.